The molecule has 1 rings (SSSR count). The summed E-state index contributed by atoms with van der Waals surface area (Å²) in [5.74, 6) is 2.30. The Labute approximate surface area is 119 Å². The molecule has 0 saturated carbocycles. The van der Waals surface area contributed by atoms with Crippen LogP contribution >= 0.6 is 15.9 Å². The van der Waals surface area contributed by atoms with Gasteiger partial charge in [-0.25, -0.2) is 0 Å². The molecule has 1 aromatic carbocycles. The van der Waals surface area contributed by atoms with E-state index in [4.69, 9.17) is 4.74 Å². The molecule has 0 aliphatic carbocycles. The van der Waals surface area contributed by atoms with Crippen LogP contribution in [0.5, 0.6) is 5.75 Å². The van der Waals surface area contributed by atoms with Crippen LogP contribution < -0.4 is 10.1 Å². The molecular formula is C15H24BrNO. The van der Waals surface area contributed by atoms with Gasteiger partial charge in [-0.3, -0.25) is 0 Å². The molecule has 0 radical (unpaired) electrons. The largest absolute Gasteiger partial charge is 0.494 e. The lowest BCUT2D eigenvalue weighted by molar-refractivity contribution is 0.280. The maximum atomic E-state index is 5.73. The van der Waals surface area contributed by atoms with E-state index in [-0.39, 0.29) is 0 Å². The summed E-state index contributed by atoms with van der Waals surface area (Å²) in [6, 6.07) is 7.99. The molecule has 0 aliphatic rings. The number of halogens is 1. The van der Waals surface area contributed by atoms with Gasteiger partial charge in [0.1, 0.15) is 5.75 Å². The maximum absolute atomic E-state index is 5.73. The summed E-state index contributed by atoms with van der Waals surface area (Å²) in [5, 5.41) is 3.48. The molecule has 0 fully saturated rings. The van der Waals surface area contributed by atoms with E-state index in [0.29, 0.717) is 5.92 Å². The minimum atomic E-state index is 0.649. The fourth-order valence-corrected chi connectivity index (χ4v) is 2.03. The highest BCUT2D eigenvalue weighted by Crippen LogP contribution is 2.18. The smallest absolute Gasteiger partial charge is 0.120 e. The highest BCUT2D eigenvalue weighted by molar-refractivity contribution is 9.10. The minimum absolute atomic E-state index is 0.649. The monoisotopic (exact) mass is 313 g/mol. The van der Waals surface area contributed by atoms with Gasteiger partial charge in [0.2, 0.25) is 0 Å². The van der Waals surface area contributed by atoms with Gasteiger partial charge in [0.25, 0.3) is 0 Å². The molecule has 0 spiro atoms. The number of hydrogen-bond donors (Lipinski definition) is 1. The molecule has 0 bridgehead atoms. The van der Waals surface area contributed by atoms with Gasteiger partial charge in [0, 0.05) is 4.47 Å². The Hall–Kier alpha value is -0.540. The average molecular weight is 314 g/mol. The van der Waals surface area contributed by atoms with Crippen LogP contribution in [0.2, 0.25) is 0 Å². The van der Waals surface area contributed by atoms with Crippen LogP contribution in [0.1, 0.15) is 27.2 Å². The average Bonchev–Trinajstić information content (AvgIpc) is 2.28. The first-order chi connectivity index (χ1) is 8.58. The van der Waals surface area contributed by atoms with Gasteiger partial charge >= 0.3 is 0 Å². The van der Waals surface area contributed by atoms with E-state index in [1.54, 1.807) is 0 Å². The van der Waals surface area contributed by atoms with Crippen molar-refractivity contribution in [3.05, 3.63) is 28.7 Å². The molecule has 0 heterocycles. The molecule has 2 nitrogen and oxygen atoms in total. The van der Waals surface area contributed by atoms with Crippen LogP contribution in [0.25, 0.3) is 0 Å². The first-order valence-corrected chi connectivity index (χ1v) is 7.46. The van der Waals surface area contributed by atoms with E-state index >= 15 is 0 Å². The number of nitrogens with one attached hydrogen (secondary N) is 1. The zero-order chi connectivity index (χ0) is 13.4. The Bertz CT molecular complexity index is 341. The molecule has 3 heteroatoms. The summed E-state index contributed by atoms with van der Waals surface area (Å²) in [6.45, 7) is 9.66. The Morgan fingerprint density at radius 3 is 2.67 bits per heavy atom. The molecule has 1 atom stereocenters. The van der Waals surface area contributed by atoms with Crippen LogP contribution in [0, 0.1) is 11.8 Å². The predicted molar refractivity (Wildman–Crippen MR) is 81.1 cm³/mol. The third-order valence-corrected chi connectivity index (χ3v) is 3.21. The first kappa shape index (κ1) is 15.5. The van der Waals surface area contributed by atoms with Crippen molar-refractivity contribution >= 4 is 15.9 Å². The van der Waals surface area contributed by atoms with Crippen LogP contribution in [0.4, 0.5) is 0 Å². The van der Waals surface area contributed by atoms with Crippen molar-refractivity contribution < 1.29 is 4.74 Å². The van der Waals surface area contributed by atoms with E-state index in [1.165, 1.54) is 0 Å². The van der Waals surface area contributed by atoms with E-state index in [1.807, 2.05) is 24.3 Å². The van der Waals surface area contributed by atoms with Crippen LogP contribution in [0.3, 0.4) is 0 Å². The SMILES string of the molecule is CC(C)CNCC(C)CCOc1cccc(Br)c1. The Kier molecular flexibility index (Phi) is 7.36. The molecule has 0 aromatic heterocycles. The lowest BCUT2D eigenvalue weighted by Crippen LogP contribution is -2.26. The summed E-state index contributed by atoms with van der Waals surface area (Å²) in [7, 11) is 0. The van der Waals surface area contributed by atoms with E-state index in [0.717, 1.165) is 42.3 Å². The zero-order valence-electron chi connectivity index (χ0n) is 11.6. The van der Waals surface area contributed by atoms with Crippen molar-refractivity contribution in [1.82, 2.24) is 5.32 Å². The standard InChI is InChI=1S/C15H24BrNO/c1-12(2)10-17-11-13(3)7-8-18-15-6-4-5-14(16)9-15/h4-6,9,12-13,17H,7-8,10-11H2,1-3H3. The Morgan fingerprint density at radius 2 is 2.00 bits per heavy atom. The van der Waals surface area contributed by atoms with Gasteiger partial charge in [-0.1, -0.05) is 42.8 Å². The molecule has 0 amide bonds. The minimum Gasteiger partial charge on any atom is -0.494 e. The van der Waals surface area contributed by atoms with E-state index in [2.05, 4.69) is 42.0 Å². The van der Waals surface area contributed by atoms with Gasteiger partial charge in [-0.2, -0.15) is 0 Å². The fraction of sp³-hybridized carbons (Fsp3) is 0.600. The Balaban J connectivity index is 2.13. The third kappa shape index (κ3) is 7.02. The number of ether oxygens (including phenoxy) is 1. The first-order valence-electron chi connectivity index (χ1n) is 6.67. The van der Waals surface area contributed by atoms with Crippen molar-refractivity contribution in [1.29, 1.82) is 0 Å². The van der Waals surface area contributed by atoms with Crippen molar-refractivity contribution in [3.63, 3.8) is 0 Å². The van der Waals surface area contributed by atoms with Crippen molar-refractivity contribution in [2.45, 2.75) is 27.2 Å². The van der Waals surface area contributed by atoms with Gasteiger partial charge in [-0.15, -0.1) is 0 Å². The fourth-order valence-electron chi connectivity index (χ4n) is 1.66. The Morgan fingerprint density at radius 1 is 1.22 bits per heavy atom. The molecule has 1 unspecified atom stereocenters. The summed E-state index contributed by atoms with van der Waals surface area (Å²) < 4.78 is 6.79. The number of rotatable bonds is 8. The topological polar surface area (TPSA) is 21.3 Å². The van der Waals surface area contributed by atoms with Crippen LogP contribution in [0.15, 0.2) is 28.7 Å². The van der Waals surface area contributed by atoms with Crippen molar-refractivity contribution in [2.75, 3.05) is 19.7 Å². The maximum Gasteiger partial charge on any atom is 0.120 e. The summed E-state index contributed by atoms with van der Waals surface area (Å²) in [4.78, 5) is 0. The zero-order valence-corrected chi connectivity index (χ0v) is 13.2. The lowest BCUT2D eigenvalue weighted by Gasteiger charge is -2.14. The molecule has 102 valence electrons. The molecule has 0 saturated heterocycles. The second-order valence-corrected chi connectivity index (χ2v) is 6.17. The molecular weight excluding hydrogens is 290 g/mol. The highest BCUT2D eigenvalue weighted by atomic mass is 79.9. The molecule has 18 heavy (non-hydrogen) atoms. The van der Waals surface area contributed by atoms with Crippen molar-refractivity contribution in [3.8, 4) is 5.75 Å². The number of hydrogen-bond acceptors (Lipinski definition) is 2. The van der Waals surface area contributed by atoms with Gasteiger partial charge < -0.3 is 10.1 Å². The summed E-state index contributed by atoms with van der Waals surface area (Å²) in [6.07, 6.45) is 1.08. The normalized spacial score (nSPS) is 12.7. The number of benzene rings is 1. The molecule has 1 aromatic rings. The van der Waals surface area contributed by atoms with Crippen molar-refractivity contribution in [2.24, 2.45) is 11.8 Å². The summed E-state index contributed by atoms with van der Waals surface area (Å²) in [5.41, 5.74) is 0. The van der Waals surface area contributed by atoms with Crippen LogP contribution in [-0.2, 0) is 0 Å². The van der Waals surface area contributed by atoms with E-state index in [9.17, 15) is 0 Å². The van der Waals surface area contributed by atoms with Gasteiger partial charge in [0.05, 0.1) is 6.61 Å². The molecule has 0 aliphatic heterocycles. The third-order valence-electron chi connectivity index (χ3n) is 2.72. The second kappa shape index (κ2) is 8.54. The molecule has 1 N–H and O–H groups in total. The van der Waals surface area contributed by atoms with Gasteiger partial charge in [0.15, 0.2) is 0 Å². The highest BCUT2D eigenvalue weighted by Gasteiger charge is 2.03. The van der Waals surface area contributed by atoms with Gasteiger partial charge in [-0.05, 0) is 49.5 Å². The lowest BCUT2D eigenvalue weighted by atomic mass is 10.1. The predicted octanol–water partition coefficient (Wildman–Crippen LogP) is 4.10. The summed E-state index contributed by atoms with van der Waals surface area (Å²) >= 11 is 3.44. The van der Waals surface area contributed by atoms with E-state index < -0.39 is 0 Å². The second-order valence-electron chi connectivity index (χ2n) is 5.25. The van der Waals surface area contributed by atoms with Crippen LogP contribution in [-0.4, -0.2) is 19.7 Å². The quantitative estimate of drug-likeness (QED) is 0.780.